The first-order valence-corrected chi connectivity index (χ1v) is 8.30. The molecule has 1 aromatic rings. The monoisotopic (exact) mass is 300 g/mol. The number of amides is 1. The van der Waals surface area contributed by atoms with Crippen LogP contribution >= 0.6 is 0 Å². The van der Waals surface area contributed by atoms with Gasteiger partial charge in [-0.25, -0.2) is 0 Å². The molecule has 3 heteroatoms. The number of carbonyl (C=O) groups is 1. The highest BCUT2D eigenvalue weighted by Gasteiger charge is 2.14. The maximum absolute atomic E-state index is 11.9. The van der Waals surface area contributed by atoms with Gasteiger partial charge in [0, 0.05) is 19.2 Å². The van der Waals surface area contributed by atoms with Gasteiger partial charge < -0.3 is 10.2 Å². The van der Waals surface area contributed by atoms with Crippen LogP contribution in [0.4, 0.5) is 0 Å². The average Bonchev–Trinajstić information content (AvgIpc) is 2.97. The average molecular weight is 300 g/mol. The summed E-state index contributed by atoms with van der Waals surface area (Å²) in [5, 5.41) is 3.01. The van der Waals surface area contributed by atoms with Crippen molar-refractivity contribution < 1.29 is 4.79 Å². The van der Waals surface area contributed by atoms with Crippen molar-refractivity contribution in [3.63, 3.8) is 0 Å². The molecule has 1 fully saturated rings. The molecule has 0 aliphatic carbocycles. The first-order valence-electron chi connectivity index (χ1n) is 8.30. The zero-order valence-electron chi connectivity index (χ0n) is 14.1. The maximum atomic E-state index is 11.9. The second-order valence-corrected chi connectivity index (χ2v) is 6.55. The third-order valence-electron chi connectivity index (χ3n) is 4.23. The molecule has 22 heavy (non-hydrogen) atoms. The lowest BCUT2D eigenvalue weighted by atomic mass is 10.1. The number of benzene rings is 1. The number of aryl methyl sites for hydroxylation is 2. The van der Waals surface area contributed by atoms with Gasteiger partial charge in [0.25, 0.3) is 0 Å². The highest BCUT2D eigenvalue weighted by atomic mass is 16.1. The molecule has 1 unspecified atom stereocenters. The summed E-state index contributed by atoms with van der Waals surface area (Å²) in [5.41, 5.74) is 3.55. The second-order valence-electron chi connectivity index (χ2n) is 6.55. The van der Waals surface area contributed by atoms with Crippen LogP contribution in [-0.4, -0.2) is 37.0 Å². The van der Waals surface area contributed by atoms with Crippen molar-refractivity contribution in [1.82, 2.24) is 10.2 Å². The molecule has 2 rings (SSSR count). The Morgan fingerprint density at radius 3 is 2.73 bits per heavy atom. The topological polar surface area (TPSA) is 32.3 Å². The second kappa shape index (κ2) is 8.14. The van der Waals surface area contributed by atoms with Crippen LogP contribution in [0.5, 0.6) is 0 Å². The van der Waals surface area contributed by atoms with Crippen LogP contribution in [-0.2, 0) is 4.79 Å². The fourth-order valence-corrected chi connectivity index (χ4v) is 2.98. The molecule has 1 saturated heterocycles. The lowest BCUT2D eigenvalue weighted by molar-refractivity contribution is -0.116. The van der Waals surface area contributed by atoms with Gasteiger partial charge in [0.05, 0.1) is 0 Å². The van der Waals surface area contributed by atoms with Crippen LogP contribution in [0.2, 0.25) is 0 Å². The number of rotatable bonds is 6. The molecule has 1 aliphatic rings. The number of likely N-dealkylation sites (tertiary alicyclic amines) is 1. The smallest absolute Gasteiger partial charge is 0.244 e. The molecule has 1 atom stereocenters. The Morgan fingerprint density at radius 1 is 1.32 bits per heavy atom. The quantitative estimate of drug-likeness (QED) is 0.819. The first-order chi connectivity index (χ1) is 10.5. The van der Waals surface area contributed by atoms with Crippen molar-refractivity contribution in [2.75, 3.05) is 26.2 Å². The largest absolute Gasteiger partial charge is 0.352 e. The maximum Gasteiger partial charge on any atom is 0.244 e. The van der Waals surface area contributed by atoms with Crippen molar-refractivity contribution in [2.45, 2.75) is 33.6 Å². The van der Waals surface area contributed by atoms with E-state index < -0.39 is 0 Å². The SMILES string of the molecule is Cc1ccc(/C=C/C(=O)NCC(C)CN2CCCC2)c(C)c1. The molecule has 0 spiro atoms. The molecule has 0 saturated carbocycles. The van der Waals surface area contributed by atoms with Gasteiger partial charge in [0.2, 0.25) is 5.91 Å². The Kier molecular flexibility index (Phi) is 6.20. The van der Waals surface area contributed by atoms with Crippen LogP contribution in [0.15, 0.2) is 24.3 Å². The molecule has 0 radical (unpaired) electrons. The van der Waals surface area contributed by atoms with E-state index in [1.165, 1.54) is 37.1 Å². The molecular formula is C19H28N2O. The standard InChI is InChI=1S/C19H28N2O/c1-15-6-7-18(17(3)12-15)8-9-19(22)20-13-16(2)14-21-10-4-5-11-21/h6-9,12,16H,4-5,10-11,13-14H2,1-3H3,(H,20,22)/b9-8+. The van der Waals surface area contributed by atoms with Crippen molar-refractivity contribution >= 4 is 12.0 Å². The molecule has 1 amide bonds. The number of nitrogens with one attached hydrogen (secondary N) is 1. The van der Waals surface area contributed by atoms with E-state index in [4.69, 9.17) is 0 Å². The fourth-order valence-electron chi connectivity index (χ4n) is 2.98. The van der Waals surface area contributed by atoms with Gasteiger partial charge >= 0.3 is 0 Å². The molecule has 1 N–H and O–H groups in total. The minimum Gasteiger partial charge on any atom is -0.352 e. The van der Waals surface area contributed by atoms with E-state index in [0.29, 0.717) is 5.92 Å². The third kappa shape index (κ3) is 5.30. The van der Waals surface area contributed by atoms with E-state index in [1.54, 1.807) is 6.08 Å². The van der Waals surface area contributed by atoms with Gasteiger partial charge in [-0.3, -0.25) is 4.79 Å². The molecule has 1 aromatic carbocycles. The molecule has 0 bridgehead atoms. The van der Waals surface area contributed by atoms with Crippen LogP contribution in [0.3, 0.4) is 0 Å². The Morgan fingerprint density at radius 2 is 2.05 bits per heavy atom. The zero-order chi connectivity index (χ0) is 15.9. The van der Waals surface area contributed by atoms with Gasteiger partial charge in [-0.1, -0.05) is 30.7 Å². The minimum atomic E-state index is -0.00625. The lowest BCUT2D eigenvalue weighted by Gasteiger charge is -2.20. The van der Waals surface area contributed by atoms with E-state index in [0.717, 1.165) is 18.7 Å². The number of carbonyl (C=O) groups excluding carboxylic acids is 1. The third-order valence-corrected chi connectivity index (χ3v) is 4.23. The summed E-state index contributed by atoms with van der Waals surface area (Å²) in [6.07, 6.45) is 6.17. The van der Waals surface area contributed by atoms with Gasteiger partial charge in [-0.2, -0.15) is 0 Å². The van der Waals surface area contributed by atoms with Gasteiger partial charge in [0.1, 0.15) is 0 Å². The molecule has 1 aliphatic heterocycles. The van der Waals surface area contributed by atoms with Crippen molar-refractivity contribution in [3.05, 3.63) is 41.0 Å². The first kappa shape index (κ1) is 16.8. The predicted molar refractivity (Wildman–Crippen MR) is 92.8 cm³/mol. The summed E-state index contributed by atoms with van der Waals surface area (Å²) in [4.78, 5) is 14.4. The number of nitrogens with zero attached hydrogens (tertiary/aromatic N) is 1. The van der Waals surface area contributed by atoms with E-state index in [1.807, 2.05) is 6.08 Å². The predicted octanol–water partition coefficient (Wildman–Crippen LogP) is 3.16. The Labute approximate surface area is 134 Å². The van der Waals surface area contributed by atoms with Crippen molar-refractivity contribution in [3.8, 4) is 0 Å². The van der Waals surface area contributed by atoms with Gasteiger partial charge in [0.15, 0.2) is 0 Å². The van der Waals surface area contributed by atoms with E-state index in [2.05, 4.69) is 49.2 Å². The molecule has 3 nitrogen and oxygen atoms in total. The summed E-state index contributed by atoms with van der Waals surface area (Å²) < 4.78 is 0. The van der Waals surface area contributed by atoms with Crippen LogP contribution in [0.1, 0.15) is 36.5 Å². The van der Waals surface area contributed by atoms with Gasteiger partial charge in [-0.15, -0.1) is 0 Å². The number of hydrogen-bond acceptors (Lipinski definition) is 2. The summed E-state index contributed by atoms with van der Waals surface area (Å²) in [7, 11) is 0. The highest BCUT2D eigenvalue weighted by Crippen LogP contribution is 2.12. The fraction of sp³-hybridized carbons (Fsp3) is 0.526. The Hall–Kier alpha value is -1.61. The molecular weight excluding hydrogens is 272 g/mol. The molecule has 0 aromatic heterocycles. The lowest BCUT2D eigenvalue weighted by Crippen LogP contribution is -2.33. The number of hydrogen-bond donors (Lipinski definition) is 1. The molecule has 1 heterocycles. The summed E-state index contributed by atoms with van der Waals surface area (Å²) in [6, 6.07) is 6.27. The molecule has 120 valence electrons. The Balaban J connectivity index is 1.75. The van der Waals surface area contributed by atoms with E-state index in [9.17, 15) is 4.79 Å². The van der Waals surface area contributed by atoms with E-state index in [-0.39, 0.29) is 5.91 Å². The highest BCUT2D eigenvalue weighted by molar-refractivity contribution is 5.91. The van der Waals surface area contributed by atoms with Crippen LogP contribution in [0, 0.1) is 19.8 Å². The summed E-state index contributed by atoms with van der Waals surface area (Å²) in [6.45, 7) is 10.6. The zero-order valence-corrected chi connectivity index (χ0v) is 14.1. The summed E-state index contributed by atoms with van der Waals surface area (Å²) >= 11 is 0. The van der Waals surface area contributed by atoms with Crippen LogP contribution in [0.25, 0.3) is 6.08 Å². The van der Waals surface area contributed by atoms with Crippen molar-refractivity contribution in [2.24, 2.45) is 5.92 Å². The van der Waals surface area contributed by atoms with Crippen molar-refractivity contribution in [1.29, 1.82) is 0 Å². The van der Waals surface area contributed by atoms with Crippen LogP contribution < -0.4 is 5.32 Å². The summed E-state index contributed by atoms with van der Waals surface area (Å²) in [5.74, 6) is 0.491. The normalized spacial score (nSPS) is 17.0. The van der Waals surface area contributed by atoms with E-state index >= 15 is 0 Å². The Bertz CT molecular complexity index is 530. The minimum absolute atomic E-state index is 0.00625. The van der Waals surface area contributed by atoms with Gasteiger partial charge in [-0.05, 0) is 62.9 Å².